The van der Waals surface area contributed by atoms with Gasteiger partial charge in [-0.15, -0.1) is 0 Å². The maximum absolute atomic E-state index is 11.9. The molecule has 0 spiro atoms. The van der Waals surface area contributed by atoms with E-state index in [-0.39, 0.29) is 24.0 Å². The zero-order valence-electron chi connectivity index (χ0n) is 11.7. The Morgan fingerprint density at radius 2 is 1.95 bits per heavy atom. The third-order valence-corrected chi connectivity index (χ3v) is 3.10. The van der Waals surface area contributed by atoms with Crippen LogP contribution in [0.1, 0.15) is 42.1 Å². The molecule has 20 heavy (non-hydrogen) atoms. The van der Waals surface area contributed by atoms with Crippen molar-refractivity contribution in [2.45, 2.75) is 39.2 Å². The number of hydrogen-bond acceptors (Lipinski definition) is 3. The quantitative estimate of drug-likeness (QED) is 0.804. The summed E-state index contributed by atoms with van der Waals surface area (Å²) < 4.78 is 0. The molecule has 0 bridgehead atoms. The molecule has 1 aliphatic rings. The summed E-state index contributed by atoms with van der Waals surface area (Å²) in [7, 11) is 0. The van der Waals surface area contributed by atoms with Crippen LogP contribution in [0.25, 0.3) is 0 Å². The lowest BCUT2D eigenvalue weighted by Crippen LogP contribution is -2.25. The molecule has 1 saturated carbocycles. The maximum atomic E-state index is 11.9. The summed E-state index contributed by atoms with van der Waals surface area (Å²) in [5, 5.41) is 5.56. The second kappa shape index (κ2) is 5.86. The van der Waals surface area contributed by atoms with Crippen LogP contribution in [0.5, 0.6) is 0 Å². The number of rotatable bonds is 5. The van der Waals surface area contributed by atoms with Gasteiger partial charge in [-0.25, -0.2) is 0 Å². The van der Waals surface area contributed by atoms with Gasteiger partial charge in [-0.2, -0.15) is 0 Å². The summed E-state index contributed by atoms with van der Waals surface area (Å²) in [6, 6.07) is 5.45. The van der Waals surface area contributed by atoms with Crippen LogP contribution in [0.15, 0.2) is 18.2 Å². The number of carbonyl (C=O) groups excluding carboxylic acids is 3. The van der Waals surface area contributed by atoms with Gasteiger partial charge >= 0.3 is 0 Å². The van der Waals surface area contributed by atoms with Crippen LogP contribution in [0, 0.1) is 6.92 Å². The Morgan fingerprint density at radius 1 is 1.25 bits per heavy atom. The molecule has 0 aromatic heterocycles. The largest absolute Gasteiger partial charge is 0.349 e. The van der Waals surface area contributed by atoms with Crippen LogP contribution < -0.4 is 10.6 Å². The SMILES string of the molecule is CC(=O)CC(=O)Nc1cc(C(=O)NC2CC2)ccc1C. The Balaban J connectivity index is 2.09. The highest BCUT2D eigenvalue weighted by molar-refractivity contribution is 6.04. The predicted molar refractivity (Wildman–Crippen MR) is 75.6 cm³/mol. The fourth-order valence-corrected chi connectivity index (χ4v) is 1.81. The summed E-state index contributed by atoms with van der Waals surface area (Å²) >= 11 is 0. The second-order valence-electron chi connectivity index (χ2n) is 5.20. The summed E-state index contributed by atoms with van der Waals surface area (Å²) in [6.07, 6.45) is 1.90. The fourth-order valence-electron chi connectivity index (χ4n) is 1.81. The summed E-state index contributed by atoms with van der Waals surface area (Å²) in [5.74, 6) is -0.683. The van der Waals surface area contributed by atoms with Crippen LogP contribution in [0.4, 0.5) is 5.69 Å². The Morgan fingerprint density at radius 3 is 2.55 bits per heavy atom. The highest BCUT2D eigenvalue weighted by Crippen LogP contribution is 2.21. The van der Waals surface area contributed by atoms with Crippen molar-refractivity contribution in [1.29, 1.82) is 0 Å². The first-order valence-corrected chi connectivity index (χ1v) is 6.66. The van der Waals surface area contributed by atoms with Gasteiger partial charge in [-0.3, -0.25) is 14.4 Å². The molecule has 2 amide bonds. The summed E-state index contributed by atoms with van der Waals surface area (Å²) in [5.41, 5.74) is 1.94. The molecule has 1 fully saturated rings. The van der Waals surface area contributed by atoms with Crippen molar-refractivity contribution < 1.29 is 14.4 Å². The Labute approximate surface area is 117 Å². The predicted octanol–water partition coefficient (Wildman–Crippen LogP) is 1.80. The minimum absolute atomic E-state index is 0.130. The lowest BCUT2D eigenvalue weighted by Gasteiger charge is -2.10. The maximum Gasteiger partial charge on any atom is 0.251 e. The molecule has 1 aliphatic carbocycles. The molecule has 106 valence electrons. The molecular formula is C15H18N2O3. The van der Waals surface area contributed by atoms with Crippen molar-refractivity contribution in [2.75, 3.05) is 5.32 Å². The average molecular weight is 274 g/mol. The molecular weight excluding hydrogens is 256 g/mol. The van der Waals surface area contributed by atoms with Crippen molar-refractivity contribution in [3.8, 4) is 0 Å². The monoisotopic (exact) mass is 274 g/mol. The number of anilines is 1. The molecule has 0 saturated heterocycles. The second-order valence-corrected chi connectivity index (χ2v) is 5.20. The molecule has 0 aliphatic heterocycles. The first-order chi connectivity index (χ1) is 9.45. The van der Waals surface area contributed by atoms with Gasteiger partial charge in [0.1, 0.15) is 5.78 Å². The van der Waals surface area contributed by atoms with E-state index < -0.39 is 0 Å². The number of Topliss-reactive ketones (excluding diaryl/α,β-unsaturated/α-hetero) is 1. The molecule has 0 unspecified atom stereocenters. The molecule has 0 radical (unpaired) electrons. The normalized spacial score (nSPS) is 13.7. The Bertz CT molecular complexity index is 562. The molecule has 5 heteroatoms. The third kappa shape index (κ3) is 3.91. The van der Waals surface area contributed by atoms with E-state index in [0.717, 1.165) is 18.4 Å². The molecule has 5 nitrogen and oxygen atoms in total. The number of nitrogens with one attached hydrogen (secondary N) is 2. The third-order valence-electron chi connectivity index (χ3n) is 3.10. The average Bonchev–Trinajstić information content (AvgIpc) is 3.14. The van der Waals surface area contributed by atoms with Crippen LogP contribution in [-0.2, 0) is 9.59 Å². The van der Waals surface area contributed by atoms with Gasteiger partial charge in [0.2, 0.25) is 5.91 Å². The minimum Gasteiger partial charge on any atom is -0.349 e. The fraction of sp³-hybridized carbons (Fsp3) is 0.400. The number of aryl methyl sites for hydroxylation is 1. The summed E-state index contributed by atoms with van der Waals surface area (Å²) in [6.45, 7) is 3.21. The van der Waals surface area contributed by atoms with E-state index in [1.165, 1.54) is 6.92 Å². The number of carbonyl (C=O) groups is 3. The van der Waals surface area contributed by atoms with E-state index in [0.29, 0.717) is 17.3 Å². The van der Waals surface area contributed by atoms with Gasteiger partial charge in [-0.1, -0.05) is 6.07 Å². The van der Waals surface area contributed by atoms with Crippen molar-refractivity contribution in [3.63, 3.8) is 0 Å². The number of benzene rings is 1. The Kier molecular flexibility index (Phi) is 4.17. The molecule has 0 heterocycles. The standard InChI is InChI=1S/C15H18N2O3/c1-9-3-4-11(15(20)16-12-5-6-12)8-13(9)17-14(19)7-10(2)18/h3-4,8,12H,5-7H2,1-2H3,(H,16,20)(H,17,19). The highest BCUT2D eigenvalue weighted by atomic mass is 16.2. The van der Waals surface area contributed by atoms with Gasteiger partial charge in [0.05, 0.1) is 6.42 Å². The number of hydrogen-bond donors (Lipinski definition) is 2. The smallest absolute Gasteiger partial charge is 0.251 e. The van der Waals surface area contributed by atoms with Crippen LogP contribution in [0.3, 0.4) is 0 Å². The highest BCUT2D eigenvalue weighted by Gasteiger charge is 2.24. The van der Waals surface area contributed by atoms with Crippen LogP contribution >= 0.6 is 0 Å². The molecule has 1 aromatic carbocycles. The minimum atomic E-state index is -0.361. The zero-order valence-corrected chi connectivity index (χ0v) is 11.7. The molecule has 1 aromatic rings. The van der Waals surface area contributed by atoms with E-state index in [1.807, 2.05) is 6.92 Å². The van der Waals surface area contributed by atoms with E-state index in [1.54, 1.807) is 18.2 Å². The first-order valence-electron chi connectivity index (χ1n) is 6.66. The van der Waals surface area contributed by atoms with Crippen molar-refractivity contribution in [1.82, 2.24) is 5.32 Å². The molecule has 2 rings (SSSR count). The first kappa shape index (κ1) is 14.2. The van der Waals surface area contributed by atoms with Crippen LogP contribution in [0.2, 0.25) is 0 Å². The zero-order chi connectivity index (χ0) is 14.7. The van der Waals surface area contributed by atoms with E-state index >= 15 is 0 Å². The number of amides is 2. The van der Waals surface area contributed by atoms with Crippen LogP contribution in [-0.4, -0.2) is 23.6 Å². The lowest BCUT2D eigenvalue weighted by molar-refractivity contribution is -0.124. The van der Waals surface area contributed by atoms with Crippen molar-refractivity contribution >= 4 is 23.3 Å². The summed E-state index contributed by atoms with van der Waals surface area (Å²) in [4.78, 5) is 34.5. The topological polar surface area (TPSA) is 75.3 Å². The molecule has 0 atom stereocenters. The Hall–Kier alpha value is -2.17. The van der Waals surface area contributed by atoms with Gasteiger partial charge in [0.25, 0.3) is 5.91 Å². The molecule has 2 N–H and O–H groups in total. The van der Waals surface area contributed by atoms with Gasteiger partial charge in [-0.05, 0) is 44.4 Å². The van der Waals surface area contributed by atoms with E-state index in [2.05, 4.69) is 10.6 Å². The van der Waals surface area contributed by atoms with E-state index in [4.69, 9.17) is 0 Å². The van der Waals surface area contributed by atoms with E-state index in [9.17, 15) is 14.4 Å². The van der Waals surface area contributed by atoms with Gasteiger partial charge in [0.15, 0.2) is 0 Å². The van der Waals surface area contributed by atoms with Gasteiger partial charge < -0.3 is 10.6 Å². The van der Waals surface area contributed by atoms with Crippen molar-refractivity contribution in [3.05, 3.63) is 29.3 Å². The number of ketones is 1. The van der Waals surface area contributed by atoms with Crippen molar-refractivity contribution in [2.24, 2.45) is 0 Å². The van der Waals surface area contributed by atoms with Gasteiger partial charge in [0, 0.05) is 17.3 Å². The lowest BCUT2D eigenvalue weighted by atomic mass is 10.1.